The highest BCUT2D eigenvalue weighted by Crippen LogP contribution is 2.31. The molecule has 1 aliphatic heterocycles. The van der Waals surface area contributed by atoms with Crippen LogP contribution in [-0.4, -0.2) is 34.0 Å². The first-order chi connectivity index (χ1) is 9.30. The van der Waals surface area contributed by atoms with Gasteiger partial charge in [0.2, 0.25) is 0 Å². The van der Waals surface area contributed by atoms with Crippen molar-refractivity contribution in [2.45, 2.75) is 51.4 Å². The molecule has 0 saturated carbocycles. The quantitative estimate of drug-likeness (QED) is 0.904. The summed E-state index contributed by atoms with van der Waals surface area (Å²) in [5.41, 5.74) is -0.665. The normalized spacial score (nSPS) is 22.9. The van der Waals surface area contributed by atoms with E-state index in [0.717, 1.165) is 12.0 Å². The number of rotatable bonds is 2. The number of nitrogens with zero attached hydrogens (tertiary/aromatic N) is 1. The van der Waals surface area contributed by atoms with Crippen molar-refractivity contribution >= 4 is 6.09 Å². The predicted octanol–water partition coefficient (Wildman–Crippen LogP) is 2.95. The van der Waals surface area contributed by atoms with Gasteiger partial charge in [-0.05, 0) is 39.2 Å². The van der Waals surface area contributed by atoms with E-state index >= 15 is 0 Å². The minimum Gasteiger partial charge on any atom is -0.444 e. The molecule has 1 aromatic rings. The molecule has 0 bridgehead atoms. The summed E-state index contributed by atoms with van der Waals surface area (Å²) in [4.78, 5) is 13.7. The third-order valence-electron chi connectivity index (χ3n) is 3.41. The predicted molar refractivity (Wildman–Crippen MR) is 77.3 cm³/mol. The number of carbonyl (C=O) groups excluding carboxylic acids is 1. The molecule has 0 aliphatic carbocycles. The van der Waals surface area contributed by atoms with Gasteiger partial charge in [-0.1, -0.05) is 30.3 Å². The first-order valence-electron chi connectivity index (χ1n) is 7.07. The summed E-state index contributed by atoms with van der Waals surface area (Å²) < 4.78 is 5.38. The Hall–Kier alpha value is -1.55. The molecule has 20 heavy (non-hydrogen) atoms. The monoisotopic (exact) mass is 277 g/mol. The van der Waals surface area contributed by atoms with Gasteiger partial charge in [-0.15, -0.1) is 0 Å². The van der Waals surface area contributed by atoms with E-state index in [1.165, 1.54) is 4.90 Å². The van der Waals surface area contributed by atoms with Crippen LogP contribution >= 0.6 is 0 Å². The molecule has 1 atom stereocenters. The number of amides is 1. The minimum absolute atomic E-state index is 0.437. The summed E-state index contributed by atoms with van der Waals surface area (Å²) in [6.45, 7) is 6.03. The van der Waals surface area contributed by atoms with Gasteiger partial charge in [0, 0.05) is 13.0 Å². The van der Waals surface area contributed by atoms with Crippen LogP contribution in [0, 0.1) is 0 Å². The van der Waals surface area contributed by atoms with E-state index in [9.17, 15) is 9.90 Å². The van der Waals surface area contributed by atoms with Crippen LogP contribution in [0.25, 0.3) is 0 Å². The molecule has 0 radical (unpaired) electrons. The number of ether oxygens (including phenoxy) is 1. The lowest BCUT2D eigenvalue weighted by atomic mass is 10.0. The van der Waals surface area contributed by atoms with Crippen molar-refractivity contribution in [2.24, 2.45) is 0 Å². The van der Waals surface area contributed by atoms with Gasteiger partial charge in [-0.2, -0.15) is 0 Å². The molecule has 1 aromatic carbocycles. The maximum absolute atomic E-state index is 12.2. The van der Waals surface area contributed by atoms with Gasteiger partial charge in [-0.25, -0.2) is 4.79 Å². The summed E-state index contributed by atoms with van der Waals surface area (Å²) in [7, 11) is 0. The molecule has 1 saturated heterocycles. The van der Waals surface area contributed by atoms with Crippen molar-refractivity contribution in [2.75, 3.05) is 6.54 Å². The van der Waals surface area contributed by atoms with E-state index in [0.29, 0.717) is 19.4 Å². The van der Waals surface area contributed by atoms with Gasteiger partial charge in [0.1, 0.15) is 11.3 Å². The van der Waals surface area contributed by atoms with Crippen LogP contribution in [0.1, 0.15) is 39.2 Å². The average Bonchev–Trinajstić information content (AvgIpc) is 2.70. The standard InChI is InChI=1S/C16H23NO3/c1-15(2,3)20-14(18)17-11-7-10-16(17,19)12-13-8-5-4-6-9-13/h4-6,8-9,19H,7,10-12H2,1-3H3/t16-/m0/s1. The topological polar surface area (TPSA) is 49.8 Å². The number of hydrogen-bond acceptors (Lipinski definition) is 3. The van der Waals surface area contributed by atoms with Gasteiger partial charge < -0.3 is 9.84 Å². The Bertz CT molecular complexity index is 466. The number of carbonyl (C=O) groups is 1. The Balaban J connectivity index is 2.11. The van der Waals surface area contributed by atoms with E-state index < -0.39 is 17.4 Å². The van der Waals surface area contributed by atoms with Crippen molar-refractivity contribution in [1.82, 2.24) is 4.90 Å². The maximum Gasteiger partial charge on any atom is 0.412 e. The Morgan fingerprint density at radius 1 is 1.35 bits per heavy atom. The lowest BCUT2D eigenvalue weighted by molar-refractivity contribution is -0.0830. The SMILES string of the molecule is CC(C)(C)OC(=O)N1CCC[C@]1(O)Cc1ccccc1. The fourth-order valence-corrected chi connectivity index (χ4v) is 2.55. The molecule has 0 unspecified atom stereocenters. The molecule has 1 amide bonds. The van der Waals surface area contributed by atoms with Gasteiger partial charge in [-0.3, -0.25) is 4.90 Å². The summed E-state index contributed by atoms with van der Waals surface area (Å²) in [6.07, 6.45) is 1.38. The Kier molecular flexibility index (Phi) is 4.04. The summed E-state index contributed by atoms with van der Waals surface area (Å²) in [5, 5.41) is 10.8. The van der Waals surface area contributed by atoms with E-state index in [1.54, 1.807) is 0 Å². The Morgan fingerprint density at radius 3 is 2.60 bits per heavy atom. The highest BCUT2D eigenvalue weighted by Gasteiger charge is 2.43. The number of benzene rings is 1. The first-order valence-corrected chi connectivity index (χ1v) is 7.07. The average molecular weight is 277 g/mol. The summed E-state index contributed by atoms with van der Waals surface area (Å²) in [5.74, 6) is 0. The van der Waals surface area contributed by atoms with Crippen molar-refractivity contribution in [3.63, 3.8) is 0 Å². The van der Waals surface area contributed by atoms with Crippen LogP contribution in [0.15, 0.2) is 30.3 Å². The van der Waals surface area contributed by atoms with Crippen LogP contribution in [-0.2, 0) is 11.2 Å². The Morgan fingerprint density at radius 2 is 2.00 bits per heavy atom. The van der Waals surface area contributed by atoms with Crippen molar-refractivity contribution in [3.05, 3.63) is 35.9 Å². The molecule has 4 heteroatoms. The Labute approximate surface area is 120 Å². The van der Waals surface area contributed by atoms with Gasteiger partial charge in [0.25, 0.3) is 0 Å². The zero-order chi connectivity index (χ0) is 14.8. The van der Waals surface area contributed by atoms with Gasteiger partial charge >= 0.3 is 6.09 Å². The molecule has 0 aromatic heterocycles. The highest BCUT2D eigenvalue weighted by molar-refractivity contribution is 5.69. The third-order valence-corrected chi connectivity index (χ3v) is 3.41. The van der Waals surface area contributed by atoms with Crippen molar-refractivity contribution < 1.29 is 14.6 Å². The molecule has 1 aliphatic rings. The molecule has 0 spiro atoms. The van der Waals surface area contributed by atoms with Crippen molar-refractivity contribution in [3.8, 4) is 0 Å². The maximum atomic E-state index is 12.2. The summed E-state index contributed by atoms with van der Waals surface area (Å²) in [6, 6.07) is 9.73. The van der Waals surface area contributed by atoms with E-state index in [1.807, 2.05) is 51.1 Å². The van der Waals surface area contributed by atoms with Crippen LogP contribution < -0.4 is 0 Å². The summed E-state index contributed by atoms with van der Waals surface area (Å²) >= 11 is 0. The number of likely N-dealkylation sites (tertiary alicyclic amines) is 1. The molecule has 110 valence electrons. The second kappa shape index (κ2) is 5.44. The smallest absolute Gasteiger partial charge is 0.412 e. The van der Waals surface area contributed by atoms with Crippen LogP contribution in [0.4, 0.5) is 4.79 Å². The fourth-order valence-electron chi connectivity index (χ4n) is 2.55. The highest BCUT2D eigenvalue weighted by atomic mass is 16.6. The lowest BCUT2D eigenvalue weighted by Gasteiger charge is -2.35. The largest absolute Gasteiger partial charge is 0.444 e. The van der Waals surface area contributed by atoms with Crippen LogP contribution in [0.3, 0.4) is 0 Å². The third kappa shape index (κ3) is 3.51. The molecule has 4 nitrogen and oxygen atoms in total. The molecular weight excluding hydrogens is 254 g/mol. The number of aliphatic hydroxyl groups is 1. The molecular formula is C16H23NO3. The molecule has 1 N–H and O–H groups in total. The first kappa shape index (κ1) is 14.9. The van der Waals surface area contributed by atoms with Crippen LogP contribution in [0.5, 0.6) is 0 Å². The fraction of sp³-hybridized carbons (Fsp3) is 0.562. The van der Waals surface area contributed by atoms with Gasteiger partial charge in [0.15, 0.2) is 0 Å². The zero-order valence-corrected chi connectivity index (χ0v) is 12.4. The van der Waals surface area contributed by atoms with Gasteiger partial charge in [0.05, 0.1) is 0 Å². The molecule has 1 fully saturated rings. The number of hydrogen-bond donors (Lipinski definition) is 1. The van der Waals surface area contributed by atoms with E-state index in [4.69, 9.17) is 4.74 Å². The lowest BCUT2D eigenvalue weighted by Crippen LogP contribution is -2.50. The van der Waals surface area contributed by atoms with E-state index in [2.05, 4.69) is 0 Å². The van der Waals surface area contributed by atoms with Crippen LogP contribution in [0.2, 0.25) is 0 Å². The molecule has 1 heterocycles. The second-order valence-corrected chi connectivity index (χ2v) is 6.38. The second-order valence-electron chi connectivity index (χ2n) is 6.38. The zero-order valence-electron chi connectivity index (χ0n) is 12.4. The van der Waals surface area contributed by atoms with E-state index in [-0.39, 0.29) is 0 Å². The molecule has 2 rings (SSSR count). The van der Waals surface area contributed by atoms with Crippen molar-refractivity contribution in [1.29, 1.82) is 0 Å². The minimum atomic E-state index is -1.14.